The molecule has 1 atom stereocenters. The summed E-state index contributed by atoms with van der Waals surface area (Å²) in [5.41, 5.74) is 2.23. The van der Waals surface area contributed by atoms with Crippen molar-refractivity contribution in [3.63, 3.8) is 0 Å². The molecule has 2 aromatic carbocycles. The third-order valence-corrected chi connectivity index (χ3v) is 8.60. The highest BCUT2D eigenvalue weighted by Crippen LogP contribution is 2.35. The van der Waals surface area contributed by atoms with Crippen molar-refractivity contribution in [2.45, 2.75) is 30.2 Å². The van der Waals surface area contributed by atoms with Crippen molar-refractivity contribution in [2.24, 2.45) is 5.92 Å². The molecule has 3 aromatic rings. The van der Waals surface area contributed by atoms with E-state index in [2.05, 4.69) is 10.3 Å². The Balaban J connectivity index is 1.37. The number of rotatable bonds is 8. The predicted molar refractivity (Wildman–Crippen MR) is 156 cm³/mol. The fourth-order valence-corrected chi connectivity index (χ4v) is 5.70. The van der Waals surface area contributed by atoms with Crippen molar-refractivity contribution >= 4 is 69.7 Å². The van der Waals surface area contributed by atoms with Gasteiger partial charge in [0.15, 0.2) is 0 Å². The van der Waals surface area contributed by atoms with Gasteiger partial charge in [-0.3, -0.25) is 19.4 Å². The molecule has 2 amide bonds. The van der Waals surface area contributed by atoms with E-state index in [1.54, 1.807) is 17.2 Å². The largest absolute Gasteiger partial charge is 0.469 e. The molecule has 0 saturated carbocycles. The summed E-state index contributed by atoms with van der Waals surface area (Å²) in [5, 5.41) is 4.81. The first-order chi connectivity index (χ1) is 18.8. The van der Waals surface area contributed by atoms with Gasteiger partial charge >= 0.3 is 5.97 Å². The molecule has 1 fully saturated rings. The highest BCUT2D eigenvalue weighted by Gasteiger charge is 2.29. The van der Waals surface area contributed by atoms with Gasteiger partial charge in [-0.2, -0.15) is 0 Å². The van der Waals surface area contributed by atoms with E-state index >= 15 is 0 Å². The number of esters is 1. The third-order valence-electron chi connectivity index (χ3n) is 6.81. The van der Waals surface area contributed by atoms with Crippen LogP contribution in [0.3, 0.4) is 0 Å². The van der Waals surface area contributed by atoms with E-state index in [-0.39, 0.29) is 24.2 Å². The number of ether oxygens (including phenoxy) is 1. The van der Waals surface area contributed by atoms with E-state index in [1.165, 1.54) is 24.9 Å². The lowest BCUT2D eigenvalue weighted by Crippen LogP contribution is -2.43. The summed E-state index contributed by atoms with van der Waals surface area (Å²) in [5.74, 6) is -1.01. The Morgan fingerprint density at radius 3 is 2.62 bits per heavy atom. The fraction of sp³-hybridized carbons (Fsp3) is 0.310. The average Bonchev–Trinajstić information content (AvgIpc) is 2.97. The first-order valence-electron chi connectivity index (χ1n) is 12.5. The minimum Gasteiger partial charge on any atom is -0.469 e. The maximum absolute atomic E-state index is 13.2. The first kappa shape index (κ1) is 28.9. The quantitative estimate of drug-likeness (QED) is 0.200. The number of aromatic nitrogens is 1. The van der Waals surface area contributed by atoms with Gasteiger partial charge in [0.1, 0.15) is 0 Å². The topological polar surface area (TPSA) is 88.6 Å². The summed E-state index contributed by atoms with van der Waals surface area (Å²) in [4.78, 5) is 45.2. The lowest BCUT2D eigenvalue weighted by Gasteiger charge is -2.31. The Hall–Kier alpha value is -3.07. The Morgan fingerprint density at radius 1 is 1.15 bits per heavy atom. The van der Waals surface area contributed by atoms with Crippen molar-refractivity contribution in [1.29, 1.82) is 0 Å². The van der Waals surface area contributed by atoms with Crippen LogP contribution in [-0.2, 0) is 19.1 Å². The SMILES string of the molecule is COC(=O)CC(NC(=O)C1CCN(C(=O)/C=C/c2ccc(SC)c(Cl)c2Cl)CC1)c1cnc2ccccc2c1. The molecule has 10 heteroatoms. The van der Waals surface area contributed by atoms with Crippen molar-refractivity contribution in [3.8, 4) is 0 Å². The van der Waals surface area contributed by atoms with Crippen molar-refractivity contribution in [2.75, 3.05) is 26.5 Å². The minimum absolute atomic E-state index is 0.00507. The number of carbonyl (C=O) groups excluding carboxylic acids is 3. The number of para-hydroxylation sites is 1. The van der Waals surface area contributed by atoms with Crippen LogP contribution in [0.25, 0.3) is 17.0 Å². The van der Waals surface area contributed by atoms with E-state index in [0.717, 1.165) is 21.4 Å². The summed E-state index contributed by atoms with van der Waals surface area (Å²) >= 11 is 14.2. The van der Waals surface area contributed by atoms with Crippen LogP contribution in [0.1, 0.15) is 36.4 Å². The summed E-state index contributed by atoms with van der Waals surface area (Å²) in [7, 11) is 1.32. The van der Waals surface area contributed by atoms with E-state index in [1.807, 2.05) is 48.7 Å². The number of amides is 2. The molecule has 0 spiro atoms. The number of pyridine rings is 1. The van der Waals surface area contributed by atoms with Gasteiger partial charge in [0.2, 0.25) is 11.8 Å². The van der Waals surface area contributed by atoms with E-state index in [0.29, 0.717) is 41.5 Å². The van der Waals surface area contributed by atoms with Gasteiger partial charge in [-0.1, -0.05) is 47.5 Å². The van der Waals surface area contributed by atoms with Crippen LogP contribution in [0.5, 0.6) is 0 Å². The fourth-order valence-electron chi connectivity index (χ4n) is 4.53. The number of halogens is 2. The zero-order chi connectivity index (χ0) is 27.9. The normalized spacial score (nSPS) is 14.9. The standard InChI is InChI=1S/C29H29Cl2N3O4S/c1-38-26(36)16-23(21-15-20-5-3-4-6-22(20)32-17-21)33-29(37)19-11-13-34(14-12-19)25(35)10-8-18-7-9-24(39-2)28(31)27(18)30/h3-10,15,17,19,23H,11-14,16H2,1-2H3,(H,33,37)/b10-8+. The summed E-state index contributed by atoms with van der Waals surface area (Å²) in [6.07, 6.45) is 7.76. The number of hydrogen-bond donors (Lipinski definition) is 1. The molecule has 1 aromatic heterocycles. The van der Waals surface area contributed by atoms with Crippen LogP contribution in [-0.4, -0.2) is 54.1 Å². The Bertz CT molecular complexity index is 1410. The number of fused-ring (bicyclic) bond motifs is 1. The molecule has 1 saturated heterocycles. The van der Waals surface area contributed by atoms with Crippen LogP contribution in [0.2, 0.25) is 10.0 Å². The highest BCUT2D eigenvalue weighted by molar-refractivity contribution is 7.98. The zero-order valence-corrected chi connectivity index (χ0v) is 24.0. The molecule has 1 aliphatic heterocycles. The molecule has 0 radical (unpaired) electrons. The Labute approximate surface area is 241 Å². The highest BCUT2D eigenvalue weighted by atomic mass is 35.5. The summed E-state index contributed by atoms with van der Waals surface area (Å²) in [6, 6.07) is 12.7. The second kappa shape index (κ2) is 13.3. The van der Waals surface area contributed by atoms with Gasteiger partial charge < -0.3 is 15.0 Å². The Morgan fingerprint density at radius 2 is 1.90 bits per heavy atom. The lowest BCUT2D eigenvalue weighted by molar-refractivity contribution is -0.141. The molecular formula is C29H29Cl2N3O4S. The minimum atomic E-state index is -0.571. The van der Waals surface area contributed by atoms with Gasteiger partial charge in [0.05, 0.1) is 35.1 Å². The molecule has 1 N–H and O–H groups in total. The van der Waals surface area contributed by atoms with Gasteiger partial charge in [-0.05, 0) is 54.5 Å². The van der Waals surface area contributed by atoms with E-state index in [9.17, 15) is 14.4 Å². The van der Waals surface area contributed by atoms with Crippen LogP contribution < -0.4 is 5.32 Å². The van der Waals surface area contributed by atoms with E-state index < -0.39 is 12.0 Å². The van der Waals surface area contributed by atoms with Gasteiger partial charge in [0, 0.05) is 41.6 Å². The van der Waals surface area contributed by atoms with Crippen molar-refractivity contribution < 1.29 is 19.1 Å². The number of nitrogens with zero attached hydrogens (tertiary/aromatic N) is 2. The molecule has 1 unspecified atom stereocenters. The first-order valence-corrected chi connectivity index (χ1v) is 14.5. The number of likely N-dealkylation sites (tertiary alicyclic amines) is 1. The van der Waals surface area contributed by atoms with Crippen LogP contribution in [0, 0.1) is 5.92 Å². The third kappa shape index (κ3) is 7.12. The molecule has 2 heterocycles. The second-order valence-corrected chi connectivity index (χ2v) is 10.8. The number of carbonyl (C=O) groups is 3. The number of benzene rings is 2. The van der Waals surface area contributed by atoms with E-state index in [4.69, 9.17) is 27.9 Å². The average molecular weight is 587 g/mol. The number of hydrogen-bond acceptors (Lipinski definition) is 6. The van der Waals surface area contributed by atoms with Crippen LogP contribution in [0.15, 0.2) is 59.6 Å². The summed E-state index contributed by atoms with van der Waals surface area (Å²) in [6.45, 7) is 0.890. The molecule has 0 aliphatic carbocycles. The number of piperidine rings is 1. The zero-order valence-electron chi connectivity index (χ0n) is 21.7. The van der Waals surface area contributed by atoms with Crippen LogP contribution in [0.4, 0.5) is 0 Å². The van der Waals surface area contributed by atoms with Crippen LogP contribution >= 0.6 is 35.0 Å². The monoisotopic (exact) mass is 585 g/mol. The molecule has 7 nitrogen and oxygen atoms in total. The number of nitrogens with one attached hydrogen (secondary N) is 1. The van der Waals surface area contributed by atoms with Gasteiger partial charge in [0.25, 0.3) is 0 Å². The number of thioether (sulfide) groups is 1. The van der Waals surface area contributed by atoms with Crippen molar-refractivity contribution in [1.82, 2.24) is 15.2 Å². The smallest absolute Gasteiger partial charge is 0.307 e. The molecular weight excluding hydrogens is 557 g/mol. The maximum atomic E-state index is 13.2. The number of methoxy groups -OCH3 is 1. The maximum Gasteiger partial charge on any atom is 0.307 e. The second-order valence-electron chi connectivity index (χ2n) is 9.22. The molecule has 39 heavy (non-hydrogen) atoms. The van der Waals surface area contributed by atoms with Gasteiger partial charge in [-0.25, -0.2) is 0 Å². The molecule has 204 valence electrons. The van der Waals surface area contributed by atoms with Gasteiger partial charge in [-0.15, -0.1) is 11.8 Å². The Kier molecular flexibility index (Phi) is 9.88. The molecule has 0 bridgehead atoms. The predicted octanol–water partition coefficient (Wildman–Crippen LogP) is 5.94. The molecule has 4 rings (SSSR count). The molecule has 1 aliphatic rings. The lowest BCUT2D eigenvalue weighted by atomic mass is 9.94. The van der Waals surface area contributed by atoms with Crippen molar-refractivity contribution in [3.05, 3.63) is 75.9 Å². The summed E-state index contributed by atoms with van der Waals surface area (Å²) < 4.78 is 4.86.